The van der Waals surface area contributed by atoms with Crippen LogP contribution in [0.15, 0.2) is 18.2 Å². The van der Waals surface area contributed by atoms with Crippen molar-refractivity contribution in [3.8, 4) is 0 Å². The molecule has 1 saturated heterocycles. The Balaban J connectivity index is 0.00000264. The van der Waals surface area contributed by atoms with Crippen LogP contribution in [0.2, 0.25) is 5.02 Å². The monoisotopic (exact) mass is 365 g/mol. The van der Waals surface area contributed by atoms with E-state index in [9.17, 15) is 14.0 Å². The Morgan fingerprint density at radius 2 is 2.30 bits per heavy atom. The number of carbonyl (C=O) groups excluding carboxylic acids is 2. The van der Waals surface area contributed by atoms with Crippen LogP contribution in [0.1, 0.15) is 6.42 Å². The zero-order chi connectivity index (χ0) is 16.3. The Hall–Kier alpha value is -1.41. The average molecular weight is 366 g/mol. The molecule has 1 aromatic rings. The van der Waals surface area contributed by atoms with Crippen LogP contribution in [-0.2, 0) is 14.3 Å². The van der Waals surface area contributed by atoms with E-state index >= 15 is 0 Å². The molecule has 0 spiro atoms. The molecule has 1 aliphatic heterocycles. The number of amides is 2. The van der Waals surface area contributed by atoms with E-state index < -0.39 is 23.8 Å². The summed E-state index contributed by atoms with van der Waals surface area (Å²) in [6.07, 6.45) is 0.425. The molecule has 0 saturated carbocycles. The fourth-order valence-corrected chi connectivity index (χ4v) is 2.37. The largest absolute Gasteiger partial charge is 0.383 e. The number of hydrogen-bond acceptors (Lipinski definition) is 4. The number of carbonyl (C=O) groups is 2. The molecular weight excluding hydrogens is 348 g/mol. The van der Waals surface area contributed by atoms with Gasteiger partial charge in [0.1, 0.15) is 17.9 Å². The number of nitrogens with zero attached hydrogens (tertiary/aromatic N) is 1. The second-order valence-corrected chi connectivity index (χ2v) is 5.41. The van der Waals surface area contributed by atoms with Crippen molar-refractivity contribution in [1.82, 2.24) is 5.32 Å². The van der Waals surface area contributed by atoms with Gasteiger partial charge >= 0.3 is 0 Å². The van der Waals surface area contributed by atoms with Gasteiger partial charge in [-0.3, -0.25) is 9.59 Å². The summed E-state index contributed by atoms with van der Waals surface area (Å²) in [5, 5.41) is 2.58. The van der Waals surface area contributed by atoms with Gasteiger partial charge in [0.2, 0.25) is 11.8 Å². The van der Waals surface area contributed by atoms with Crippen molar-refractivity contribution < 1.29 is 18.7 Å². The van der Waals surface area contributed by atoms with Crippen molar-refractivity contribution >= 4 is 41.5 Å². The Labute approximate surface area is 144 Å². The van der Waals surface area contributed by atoms with E-state index in [0.717, 1.165) is 0 Å². The van der Waals surface area contributed by atoms with E-state index in [-0.39, 0.29) is 29.9 Å². The first-order valence-corrected chi connectivity index (χ1v) is 7.13. The molecule has 0 aliphatic carbocycles. The lowest BCUT2D eigenvalue weighted by atomic mass is 10.2. The maximum absolute atomic E-state index is 13.5. The predicted molar refractivity (Wildman–Crippen MR) is 87.4 cm³/mol. The highest BCUT2D eigenvalue weighted by atomic mass is 35.5. The lowest BCUT2D eigenvalue weighted by molar-refractivity contribution is -0.128. The highest BCUT2D eigenvalue weighted by Gasteiger charge is 2.34. The number of halogens is 3. The van der Waals surface area contributed by atoms with E-state index in [1.54, 1.807) is 6.07 Å². The Morgan fingerprint density at radius 1 is 1.61 bits per heavy atom. The zero-order valence-corrected chi connectivity index (χ0v) is 14.0. The Morgan fingerprint density at radius 3 is 2.91 bits per heavy atom. The minimum absolute atomic E-state index is 0. The van der Waals surface area contributed by atoms with E-state index in [4.69, 9.17) is 22.1 Å². The first kappa shape index (κ1) is 19.6. The number of hydrogen-bond donors (Lipinski definition) is 2. The van der Waals surface area contributed by atoms with Gasteiger partial charge in [-0.25, -0.2) is 4.39 Å². The topological polar surface area (TPSA) is 84.7 Å². The third-order valence-electron chi connectivity index (χ3n) is 3.42. The quantitative estimate of drug-likeness (QED) is 0.817. The van der Waals surface area contributed by atoms with E-state index in [2.05, 4.69) is 5.32 Å². The maximum Gasteiger partial charge on any atom is 0.249 e. The van der Waals surface area contributed by atoms with Crippen LogP contribution in [0.25, 0.3) is 0 Å². The van der Waals surface area contributed by atoms with Crippen molar-refractivity contribution in [2.45, 2.75) is 18.5 Å². The van der Waals surface area contributed by atoms with E-state index in [0.29, 0.717) is 18.7 Å². The molecule has 9 heteroatoms. The number of benzene rings is 1. The third-order valence-corrected chi connectivity index (χ3v) is 3.73. The van der Waals surface area contributed by atoms with Gasteiger partial charge in [0.15, 0.2) is 0 Å². The van der Waals surface area contributed by atoms with E-state index in [1.807, 2.05) is 0 Å². The summed E-state index contributed by atoms with van der Waals surface area (Å²) in [5.74, 6) is -1.36. The van der Waals surface area contributed by atoms with Crippen molar-refractivity contribution in [2.75, 3.05) is 25.2 Å². The molecule has 3 N–H and O–H groups in total. The maximum atomic E-state index is 13.5. The molecule has 2 unspecified atom stereocenters. The summed E-state index contributed by atoms with van der Waals surface area (Å²) >= 11 is 5.62. The van der Waals surface area contributed by atoms with Crippen molar-refractivity contribution in [3.05, 3.63) is 29.0 Å². The lowest BCUT2D eigenvalue weighted by Gasteiger charge is -2.18. The number of methoxy groups -OCH3 is 1. The third kappa shape index (κ3) is 4.54. The summed E-state index contributed by atoms with van der Waals surface area (Å²) in [4.78, 5) is 25.5. The van der Waals surface area contributed by atoms with E-state index in [1.165, 1.54) is 24.1 Å². The van der Waals surface area contributed by atoms with Gasteiger partial charge in [-0.1, -0.05) is 11.6 Å². The summed E-state index contributed by atoms with van der Waals surface area (Å²) in [6, 6.07) is 2.64. The number of anilines is 1. The molecule has 2 atom stereocenters. The number of rotatable bonds is 5. The molecule has 1 aromatic carbocycles. The lowest BCUT2D eigenvalue weighted by Crippen LogP contribution is -2.50. The van der Waals surface area contributed by atoms with Crippen molar-refractivity contribution in [1.29, 1.82) is 0 Å². The Kier molecular flexibility index (Phi) is 7.21. The van der Waals surface area contributed by atoms with Crippen molar-refractivity contribution in [2.24, 2.45) is 5.73 Å². The molecule has 0 bridgehead atoms. The molecule has 23 heavy (non-hydrogen) atoms. The highest BCUT2D eigenvalue weighted by Crippen LogP contribution is 2.25. The van der Waals surface area contributed by atoms with Gasteiger partial charge < -0.3 is 20.7 Å². The molecule has 6 nitrogen and oxygen atoms in total. The molecule has 2 amide bonds. The minimum Gasteiger partial charge on any atom is -0.383 e. The van der Waals surface area contributed by atoms with Gasteiger partial charge in [-0.05, 0) is 24.6 Å². The normalized spacial score (nSPS) is 18.5. The molecular formula is C14H18Cl2FN3O3. The minimum atomic E-state index is -0.833. The van der Waals surface area contributed by atoms with Gasteiger partial charge in [-0.2, -0.15) is 0 Å². The fraction of sp³-hybridized carbons (Fsp3) is 0.429. The summed E-state index contributed by atoms with van der Waals surface area (Å²) in [6.45, 7) is 0.448. The predicted octanol–water partition coefficient (Wildman–Crippen LogP) is 1.10. The number of ether oxygens (including phenoxy) is 1. The summed E-state index contributed by atoms with van der Waals surface area (Å²) in [7, 11) is 1.44. The molecule has 1 fully saturated rings. The molecule has 0 radical (unpaired) electrons. The SMILES string of the molecule is COCC(N)C(=O)NC1CCN(c2ccc(Cl)c(F)c2)C1=O.Cl. The molecule has 2 rings (SSSR count). The second kappa shape index (κ2) is 8.44. The van der Waals surface area contributed by atoms with Crippen molar-refractivity contribution in [3.63, 3.8) is 0 Å². The highest BCUT2D eigenvalue weighted by molar-refractivity contribution is 6.30. The average Bonchev–Trinajstić information content (AvgIpc) is 2.83. The molecule has 0 aromatic heterocycles. The zero-order valence-electron chi connectivity index (χ0n) is 12.4. The van der Waals surface area contributed by atoms with Crippen LogP contribution in [0, 0.1) is 5.82 Å². The molecule has 1 heterocycles. The molecule has 128 valence electrons. The number of nitrogens with one attached hydrogen (secondary N) is 1. The summed E-state index contributed by atoms with van der Waals surface area (Å²) in [5.41, 5.74) is 6.01. The summed E-state index contributed by atoms with van der Waals surface area (Å²) < 4.78 is 18.3. The molecule has 1 aliphatic rings. The van der Waals surface area contributed by atoms with Gasteiger partial charge in [-0.15, -0.1) is 12.4 Å². The Bertz CT molecular complexity index is 588. The number of nitrogens with two attached hydrogens (primary N) is 1. The van der Waals surface area contributed by atoms with Crippen LogP contribution in [-0.4, -0.2) is 44.2 Å². The smallest absolute Gasteiger partial charge is 0.249 e. The van der Waals surface area contributed by atoms with Gasteiger partial charge in [0.05, 0.1) is 11.6 Å². The van der Waals surface area contributed by atoms with Gasteiger partial charge in [0, 0.05) is 19.3 Å². The van der Waals surface area contributed by atoms with Crippen LogP contribution in [0.4, 0.5) is 10.1 Å². The fourth-order valence-electron chi connectivity index (χ4n) is 2.26. The van der Waals surface area contributed by atoms with Crippen LogP contribution in [0.3, 0.4) is 0 Å². The second-order valence-electron chi connectivity index (χ2n) is 5.00. The first-order valence-electron chi connectivity index (χ1n) is 6.75. The van der Waals surface area contributed by atoms with Crippen LogP contribution < -0.4 is 16.0 Å². The van der Waals surface area contributed by atoms with Crippen LogP contribution in [0.5, 0.6) is 0 Å². The van der Waals surface area contributed by atoms with Crippen LogP contribution >= 0.6 is 24.0 Å². The standard InChI is InChI=1S/C14H17ClFN3O3.ClH/c1-22-7-11(17)13(20)18-12-4-5-19(14(12)21)8-2-3-9(15)10(16)6-8;/h2-3,6,11-12H,4-5,7,17H2,1H3,(H,18,20);1H. The van der Waals surface area contributed by atoms with Gasteiger partial charge in [0.25, 0.3) is 0 Å². The first-order chi connectivity index (χ1) is 10.4.